The van der Waals surface area contributed by atoms with Gasteiger partial charge in [-0.15, -0.1) is 0 Å². The molecule has 0 radical (unpaired) electrons. The van der Waals surface area contributed by atoms with E-state index in [2.05, 4.69) is 11.5 Å². The van der Waals surface area contributed by atoms with Gasteiger partial charge in [-0.1, -0.05) is 6.42 Å². The number of nitrogens with zero attached hydrogens (tertiary/aromatic N) is 2. The van der Waals surface area contributed by atoms with E-state index in [1.165, 1.54) is 25.0 Å². The smallest absolute Gasteiger partial charge is 0.125 e. The first-order valence-corrected chi connectivity index (χ1v) is 7.10. The predicted octanol–water partition coefficient (Wildman–Crippen LogP) is 3.04. The molecule has 0 bridgehead atoms. The molecular weight excluding hydrogens is 241 g/mol. The Bertz CT molecular complexity index is 590. The van der Waals surface area contributed by atoms with Crippen LogP contribution in [0.4, 0.5) is 4.39 Å². The molecule has 1 fully saturated rings. The molecule has 1 aliphatic carbocycles. The zero-order valence-corrected chi connectivity index (χ0v) is 11.3. The number of halogens is 1. The molecule has 3 nitrogen and oxygen atoms in total. The Morgan fingerprint density at radius 2 is 2.26 bits per heavy atom. The fourth-order valence-electron chi connectivity index (χ4n) is 3.40. The number of aromatic nitrogens is 2. The summed E-state index contributed by atoms with van der Waals surface area (Å²) in [5.74, 6) is 1.82. The summed E-state index contributed by atoms with van der Waals surface area (Å²) in [6.07, 6.45) is 3.55. The summed E-state index contributed by atoms with van der Waals surface area (Å²) in [4.78, 5) is 4.69. The molecule has 2 unspecified atom stereocenters. The Hall–Kier alpha value is -1.42. The van der Waals surface area contributed by atoms with Gasteiger partial charge in [0.15, 0.2) is 0 Å². The summed E-state index contributed by atoms with van der Waals surface area (Å²) < 4.78 is 15.5. The van der Waals surface area contributed by atoms with E-state index in [0.717, 1.165) is 29.8 Å². The maximum atomic E-state index is 13.3. The van der Waals surface area contributed by atoms with Crippen molar-refractivity contribution in [2.24, 2.45) is 11.7 Å². The molecule has 0 aliphatic heterocycles. The maximum absolute atomic E-state index is 13.3. The average Bonchev–Trinajstić information content (AvgIpc) is 3.00. The summed E-state index contributed by atoms with van der Waals surface area (Å²) in [5.41, 5.74) is 7.67. The van der Waals surface area contributed by atoms with Crippen molar-refractivity contribution >= 4 is 11.0 Å². The number of imidazole rings is 1. The van der Waals surface area contributed by atoms with E-state index < -0.39 is 0 Å². The van der Waals surface area contributed by atoms with E-state index in [1.807, 2.05) is 6.07 Å². The van der Waals surface area contributed by atoms with Crippen molar-refractivity contribution in [3.05, 3.63) is 29.8 Å². The molecule has 1 saturated carbocycles. The van der Waals surface area contributed by atoms with Crippen LogP contribution in [-0.2, 0) is 6.54 Å². The van der Waals surface area contributed by atoms with Crippen molar-refractivity contribution in [1.29, 1.82) is 0 Å². The first-order valence-electron chi connectivity index (χ1n) is 7.10. The van der Waals surface area contributed by atoms with Crippen LogP contribution in [0.25, 0.3) is 11.0 Å². The molecule has 0 spiro atoms. The van der Waals surface area contributed by atoms with Gasteiger partial charge in [0, 0.05) is 18.5 Å². The number of aryl methyl sites for hydroxylation is 1. The molecule has 3 rings (SSSR count). The van der Waals surface area contributed by atoms with E-state index in [-0.39, 0.29) is 5.82 Å². The predicted molar refractivity (Wildman–Crippen MR) is 74.5 cm³/mol. The summed E-state index contributed by atoms with van der Waals surface area (Å²) >= 11 is 0. The lowest BCUT2D eigenvalue weighted by Crippen LogP contribution is -2.20. The summed E-state index contributed by atoms with van der Waals surface area (Å²) in [7, 11) is 0. The van der Waals surface area contributed by atoms with E-state index in [0.29, 0.717) is 18.4 Å². The van der Waals surface area contributed by atoms with Crippen molar-refractivity contribution in [2.75, 3.05) is 6.54 Å². The van der Waals surface area contributed by atoms with Gasteiger partial charge in [-0.3, -0.25) is 0 Å². The largest absolute Gasteiger partial charge is 0.330 e. The van der Waals surface area contributed by atoms with Crippen molar-refractivity contribution in [1.82, 2.24) is 9.55 Å². The van der Waals surface area contributed by atoms with Crippen LogP contribution in [0.1, 0.15) is 37.9 Å². The van der Waals surface area contributed by atoms with E-state index in [1.54, 1.807) is 0 Å². The van der Waals surface area contributed by atoms with Gasteiger partial charge in [-0.25, -0.2) is 9.37 Å². The zero-order valence-electron chi connectivity index (χ0n) is 11.3. The van der Waals surface area contributed by atoms with Gasteiger partial charge in [0.05, 0.1) is 11.0 Å². The minimum atomic E-state index is -0.221. The highest BCUT2D eigenvalue weighted by molar-refractivity contribution is 5.76. The molecule has 4 heteroatoms. The summed E-state index contributed by atoms with van der Waals surface area (Å²) in [6.45, 7) is 3.69. The topological polar surface area (TPSA) is 43.8 Å². The Labute approximate surface area is 112 Å². The third-order valence-corrected chi connectivity index (χ3v) is 4.35. The monoisotopic (exact) mass is 261 g/mol. The van der Waals surface area contributed by atoms with Gasteiger partial charge in [-0.05, 0) is 44.4 Å². The minimum absolute atomic E-state index is 0.221. The van der Waals surface area contributed by atoms with Gasteiger partial charge in [-0.2, -0.15) is 0 Å². The molecule has 1 aromatic carbocycles. The minimum Gasteiger partial charge on any atom is -0.330 e. The average molecular weight is 261 g/mol. The van der Waals surface area contributed by atoms with Crippen molar-refractivity contribution in [3.8, 4) is 0 Å². The van der Waals surface area contributed by atoms with Crippen LogP contribution in [0.3, 0.4) is 0 Å². The Morgan fingerprint density at radius 1 is 1.42 bits per heavy atom. The van der Waals surface area contributed by atoms with Crippen molar-refractivity contribution in [3.63, 3.8) is 0 Å². The van der Waals surface area contributed by atoms with E-state index in [9.17, 15) is 4.39 Å². The van der Waals surface area contributed by atoms with Gasteiger partial charge < -0.3 is 10.3 Å². The van der Waals surface area contributed by atoms with Crippen molar-refractivity contribution in [2.45, 2.75) is 38.6 Å². The van der Waals surface area contributed by atoms with Crippen LogP contribution in [0, 0.1) is 11.7 Å². The second-order valence-electron chi connectivity index (χ2n) is 5.38. The first kappa shape index (κ1) is 12.6. The Balaban J connectivity index is 2.12. The maximum Gasteiger partial charge on any atom is 0.125 e. The second kappa shape index (κ2) is 4.93. The van der Waals surface area contributed by atoms with Crippen LogP contribution in [0.5, 0.6) is 0 Å². The molecule has 2 aromatic rings. The van der Waals surface area contributed by atoms with Gasteiger partial charge >= 0.3 is 0 Å². The van der Waals surface area contributed by atoms with Crippen LogP contribution in [0.2, 0.25) is 0 Å². The third kappa shape index (κ3) is 2.04. The summed E-state index contributed by atoms with van der Waals surface area (Å²) in [6, 6.07) is 4.86. The highest BCUT2D eigenvalue weighted by Crippen LogP contribution is 2.39. The van der Waals surface area contributed by atoms with Crippen LogP contribution < -0.4 is 5.73 Å². The quantitative estimate of drug-likeness (QED) is 0.923. The molecular formula is C15H20FN3. The van der Waals surface area contributed by atoms with E-state index >= 15 is 0 Å². The lowest BCUT2D eigenvalue weighted by atomic mass is 9.95. The fraction of sp³-hybridized carbons (Fsp3) is 0.533. The number of fused-ring (bicyclic) bond motifs is 1. The molecule has 1 aliphatic rings. The van der Waals surface area contributed by atoms with Gasteiger partial charge in [0.2, 0.25) is 0 Å². The number of hydrogen-bond donors (Lipinski definition) is 1. The fourth-order valence-corrected chi connectivity index (χ4v) is 3.40. The highest BCUT2D eigenvalue weighted by Gasteiger charge is 2.31. The van der Waals surface area contributed by atoms with Crippen LogP contribution >= 0.6 is 0 Å². The number of nitrogens with two attached hydrogens (primary N) is 1. The summed E-state index contributed by atoms with van der Waals surface area (Å²) in [5, 5.41) is 0. The molecule has 1 aromatic heterocycles. The molecule has 102 valence electrons. The lowest BCUT2D eigenvalue weighted by molar-refractivity contribution is 0.463. The zero-order chi connectivity index (χ0) is 13.4. The first-order chi connectivity index (χ1) is 9.24. The Kier molecular flexibility index (Phi) is 3.27. The Morgan fingerprint density at radius 3 is 3.00 bits per heavy atom. The number of benzene rings is 1. The normalized spacial score (nSPS) is 23.3. The standard InChI is InChI=1S/C15H20FN3/c1-2-19-14-7-6-11(16)8-13(14)18-15(19)12-5-3-4-10(12)9-17/h6-8,10,12H,2-5,9,17H2,1H3. The van der Waals surface area contributed by atoms with Gasteiger partial charge in [0.25, 0.3) is 0 Å². The van der Waals surface area contributed by atoms with Crippen LogP contribution in [0.15, 0.2) is 18.2 Å². The number of hydrogen-bond acceptors (Lipinski definition) is 2. The van der Waals surface area contributed by atoms with E-state index in [4.69, 9.17) is 10.7 Å². The molecule has 2 atom stereocenters. The van der Waals surface area contributed by atoms with Crippen molar-refractivity contribution < 1.29 is 4.39 Å². The van der Waals surface area contributed by atoms with Gasteiger partial charge in [0.1, 0.15) is 11.6 Å². The lowest BCUT2D eigenvalue weighted by Gasteiger charge is -2.18. The molecule has 19 heavy (non-hydrogen) atoms. The highest BCUT2D eigenvalue weighted by atomic mass is 19.1. The SMILES string of the molecule is CCn1c(C2CCCC2CN)nc2cc(F)ccc21. The number of rotatable bonds is 3. The second-order valence-corrected chi connectivity index (χ2v) is 5.38. The molecule has 2 N–H and O–H groups in total. The molecule has 0 saturated heterocycles. The molecule has 1 heterocycles. The third-order valence-electron chi connectivity index (χ3n) is 4.35. The van der Waals surface area contributed by atoms with Crippen LogP contribution in [-0.4, -0.2) is 16.1 Å². The molecule has 0 amide bonds.